The Bertz CT molecular complexity index is 705. The van der Waals surface area contributed by atoms with Crippen molar-refractivity contribution in [1.82, 2.24) is 19.6 Å². The zero-order valence-electron chi connectivity index (χ0n) is 15.2. The first-order valence-electron chi connectivity index (χ1n) is 8.82. The lowest BCUT2D eigenvalue weighted by Crippen LogP contribution is -2.45. The van der Waals surface area contributed by atoms with Gasteiger partial charge in [0.25, 0.3) is 5.91 Å². The molecule has 0 bridgehead atoms. The van der Waals surface area contributed by atoms with E-state index in [0.717, 1.165) is 38.2 Å². The molecular formula is C19H26N4O2. The minimum atomic E-state index is -0.0820. The molecule has 1 fully saturated rings. The molecule has 6 nitrogen and oxygen atoms in total. The third kappa shape index (κ3) is 3.69. The lowest BCUT2D eigenvalue weighted by atomic mass is 10.0. The highest BCUT2D eigenvalue weighted by atomic mass is 16.5. The van der Waals surface area contributed by atoms with Gasteiger partial charge in [-0.25, -0.2) is 4.68 Å². The lowest BCUT2D eigenvalue weighted by Gasteiger charge is -2.36. The van der Waals surface area contributed by atoms with Crippen LogP contribution in [-0.4, -0.2) is 65.3 Å². The van der Waals surface area contributed by atoms with Gasteiger partial charge < -0.3 is 14.5 Å². The second-order valence-electron chi connectivity index (χ2n) is 6.41. The van der Waals surface area contributed by atoms with Crippen molar-refractivity contribution >= 4 is 5.91 Å². The SMILES string of the molecule is CCN1CCC(N(C)C(=O)c2nn(-c3ccccc3)cc2OC)CC1. The Hall–Kier alpha value is -2.34. The number of hydrogen-bond acceptors (Lipinski definition) is 4. The molecule has 0 unspecified atom stereocenters. The van der Waals surface area contributed by atoms with E-state index < -0.39 is 0 Å². The number of aromatic nitrogens is 2. The molecule has 0 saturated carbocycles. The number of rotatable bonds is 5. The van der Waals surface area contributed by atoms with Crippen LogP contribution in [0.4, 0.5) is 0 Å². The van der Waals surface area contributed by atoms with Crippen molar-refractivity contribution in [2.75, 3.05) is 33.8 Å². The zero-order chi connectivity index (χ0) is 17.8. The first-order chi connectivity index (χ1) is 12.1. The predicted octanol–water partition coefficient (Wildman–Crippen LogP) is 2.44. The summed E-state index contributed by atoms with van der Waals surface area (Å²) in [6.07, 6.45) is 3.76. The van der Waals surface area contributed by atoms with Gasteiger partial charge >= 0.3 is 0 Å². The van der Waals surface area contributed by atoms with Crippen molar-refractivity contribution in [1.29, 1.82) is 0 Å². The van der Waals surface area contributed by atoms with Gasteiger partial charge in [0.15, 0.2) is 11.4 Å². The van der Waals surface area contributed by atoms with E-state index in [1.165, 1.54) is 0 Å². The molecule has 134 valence electrons. The molecule has 2 aromatic rings. The molecule has 25 heavy (non-hydrogen) atoms. The number of carbonyl (C=O) groups is 1. The van der Waals surface area contributed by atoms with Crippen molar-refractivity contribution in [2.45, 2.75) is 25.8 Å². The fourth-order valence-electron chi connectivity index (χ4n) is 3.32. The highest BCUT2D eigenvalue weighted by Crippen LogP contribution is 2.23. The second-order valence-corrected chi connectivity index (χ2v) is 6.41. The topological polar surface area (TPSA) is 50.6 Å². The Labute approximate surface area is 149 Å². The molecule has 0 N–H and O–H groups in total. The van der Waals surface area contributed by atoms with E-state index in [-0.39, 0.29) is 11.9 Å². The Balaban J connectivity index is 1.78. The standard InChI is InChI=1S/C19H26N4O2/c1-4-22-12-10-15(11-13-22)21(2)19(24)18-17(25-3)14-23(20-18)16-8-6-5-7-9-16/h5-9,14-15H,4,10-13H2,1-3H3. The molecule has 1 aromatic carbocycles. The number of likely N-dealkylation sites (tertiary alicyclic amines) is 1. The van der Waals surface area contributed by atoms with Crippen LogP contribution in [0, 0.1) is 0 Å². The number of piperidine rings is 1. The van der Waals surface area contributed by atoms with Crippen molar-refractivity contribution in [2.24, 2.45) is 0 Å². The van der Waals surface area contributed by atoms with Gasteiger partial charge in [-0.1, -0.05) is 25.1 Å². The van der Waals surface area contributed by atoms with E-state index >= 15 is 0 Å². The van der Waals surface area contributed by atoms with E-state index in [2.05, 4.69) is 16.9 Å². The Kier molecular flexibility index (Phi) is 5.38. The Morgan fingerprint density at radius 2 is 1.96 bits per heavy atom. The van der Waals surface area contributed by atoms with Crippen LogP contribution in [0.3, 0.4) is 0 Å². The summed E-state index contributed by atoms with van der Waals surface area (Å²) < 4.78 is 7.10. The number of para-hydroxylation sites is 1. The van der Waals surface area contributed by atoms with Crippen molar-refractivity contribution in [3.8, 4) is 11.4 Å². The molecule has 0 radical (unpaired) electrons. The smallest absolute Gasteiger partial charge is 0.278 e. The van der Waals surface area contributed by atoms with E-state index in [9.17, 15) is 4.79 Å². The van der Waals surface area contributed by atoms with Crippen LogP contribution in [0.15, 0.2) is 36.5 Å². The maximum atomic E-state index is 13.0. The molecule has 1 aromatic heterocycles. The average molecular weight is 342 g/mol. The number of methoxy groups -OCH3 is 1. The van der Waals surface area contributed by atoms with Crippen LogP contribution in [0.25, 0.3) is 5.69 Å². The predicted molar refractivity (Wildman–Crippen MR) is 97.3 cm³/mol. The van der Waals surface area contributed by atoms with Gasteiger partial charge in [0.1, 0.15) is 0 Å². The highest BCUT2D eigenvalue weighted by Gasteiger charge is 2.29. The summed E-state index contributed by atoms with van der Waals surface area (Å²) in [6.45, 7) is 5.32. The number of hydrogen-bond donors (Lipinski definition) is 0. The maximum absolute atomic E-state index is 13.0. The summed E-state index contributed by atoms with van der Waals surface area (Å²) in [5.74, 6) is 0.424. The largest absolute Gasteiger partial charge is 0.493 e. The average Bonchev–Trinajstić information content (AvgIpc) is 3.12. The van der Waals surface area contributed by atoms with E-state index in [1.807, 2.05) is 42.3 Å². The van der Waals surface area contributed by atoms with Gasteiger partial charge in [0.05, 0.1) is 19.0 Å². The summed E-state index contributed by atoms with van der Waals surface area (Å²) in [4.78, 5) is 17.2. The molecular weight excluding hydrogens is 316 g/mol. The van der Waals surface area contributed by atoms with Crippen LogP contribution in [0.5, 0.6) is 5.75 Å². The molecule has 1 saturated heterocycles. The third-order valence-electron chi connectivity index (χ3n) is 5.00. The summed E-state index contributed by atoms with van der Waals surface area (Å²) in [6, 6.07) is 9.99. The van der Waals surface area contributed by atoms with Crippen LogP contribution < -0.4 is 4.74 Å². The number of ether oxygens (including phenoxy) is 1. The lowest BCUT2D eigenvalue weighted by molar-refractivity contribution is 0.0637. The van der Waals surface area contributed by atoms with E-state index in [0.29, 0.717) is 11.4 Å². The van der Waals surface area contributed by atoms with Gasteiger partial charge in [0.2, 0.25) is 0 Å². The molecule has 0 aliphatic carbocycles. The molecule has 6 heteroatoms. The van der Waals surface area contributed by atoms with Crippen LogP contribution in [-0.2, 0) is 0 Å². The van der Waals surface area contributed by atoms with Crippen molar-refractivity contribution in [3.05, 3.63) is 42.2 Å². The third-order valence-corrected chi connectivity index (χ3v) is 5.00. The van der Waals surface area contributed by atoms with Crippen LogP contribution in [0.2, 0.25) is 0 Å². The fraction of sp³-hybridized carbons (Fsp3) is 0.474. The van der Waals surface area contributed by atoms with Gasteiger partial charge in [-0.2, -0.15) is 5.10 Å². The quantitative estimate of drug-likeness (QED) is 0.837. The minimum Gasteiger partial charge on any atom is -0.493 e. The van der Waals surface area contributed by atoms with Crippen molar-refractivity contribution < 1.29 is 9.53 Å². The monoisotopic (exact) mass is 342 g/mol. The number of nitrogens with zero attached hydrogens (tertiary/aromatic N) is 4. The number of carbonyl (C=O) groups excluding carboxylic acids is 1. The number of benzene rings is 1. The van der Waals surface area contributed by atoms with Crippen LogP contribution in [0.1, 0.15) is 30.3 Å². The highest BCUT2D eigenvalue weighted by molar-refractivity contribution is 5.95. The summed E-state index contributed by atoms with van der Waals surface area (Å²) in [7, 11) is 3.44. The summed E-state index contributed by atoms with van der Waals surface area (Å²) >= 11 is 0. The molecule has 3 rings (SSSR count). The molecule has 1 aliphatic heterocycles. The minimum absolute atomic E-state index is 0.0820. The molecule has 1 amide bonds. The van der Waals surface area contributed by atoms with E-state index in [1.54, 1.807) is 18.0 Å². The van der Waals surface area contributed by atoms with Gasteiger partial charge in [0, 0.05) is 26.2 Å². The summed E-state index contributed by atoms with van der Waals surface area (Å²) in [5.41, 5.74) is 1.27. The van der Waals surface area contributed by atoms with E-state index in [4.69, 9.17) is 4.74 Å². The Morgan fingerprint density at radius 1 is 1.28 bits per heavy atom. The zero-order valence-corrected chi connectivity index (χ0v) is 15.2. The molecule has 1 aliphatic rings. The normalized spacial score (nSPS) is 16.0. The number of amides is 1. The second kappa shape index (κ2) is 7.70. The first-order valence-corrected chi connectivity index (χ1v) is 8.82. The summed E-state index contributed by atoms with van der Waals surface area (Å²) in [5, 5.41) is 4.49. The fourth-order valence-corrected chi connectivity index (χ4v) is 3.32. The van der Waals surface area contributed by atoms with Gasteiger partial charge in [-0.15, -0.1) is 0 Å². The molecule has 0 spiro atoms. The molecule has 2 heterocycles. The Morgan fingerprint density at radius 3 is 2.56 bits per heavy atom. The van der Waals surface area contributed by atoms with Crippen LogP contribution >= 0.6 is 0 Å². The van der Waals surface area contributed by atoms with Gasteiger partial charge in [-0.3, -0.25) is 4.79 Å². The maximum Gasteiger partial charge on any atom is 0.278 e. The van der Waals surface area contributed by atoms with Crippen molar-refractivity contribution in [3.63, 3.8) is 0 Å². The first kappa shape index (κ1) is 17.5. The van der Waals surface area contributed by atoms with Gasteiger partial charge in [-0.05, 0) is 31.5 Å². The molecule has 0 atom stereocenters.